The molecule has 100 valence electrons. The molecule has 5 heteroatoms. The molecule has 0 amide bonds. The van der Waals surface area contributed by atoms with Crippen molar-refractivity contribution >= 4 is 21.6 Å². The number of benzene rings is 2. The maximum absolute atomic E-state index is 13.5. The van der Waals surface area contributed by atoms with Crippen LogP contribution in [0.5, 0.6) is 0 Å². The molecule has 0 bridgehead atoms. The number of hydrogen-bond donors (Lipinski definition) is 1. The monoisotopic (exact) mass is 329 g/mol. The van der Waals surface area contributed by atoms with Crippen molar-refractivity contribution in [2.24, 2.45) is 0 Å². The van der Waals surface area contributed by atoms with Crippen molar-refractivity contribution in [3.63, 3.8) is 0 Å². The molecule has 0 spiro atoms. The highest BCUT2D eigenvalue weighted by molar-refractivity contribution is 9.10. The second kappa shape index (κ2) is 5.65. The Morgan fingerprint density at radius 2 is 1.79 bits per heavy atom. The maximum Gasteiger partial charge on any atom is 0.149 e. The van der Waals surface area contributed by atoms with E-state index in [4.69, 9.17) is 0 Å². The van der Waals surface area contributed by atoms with Gasteiger partial charge < -0.3 is 5.32 Å². The molecule has 0 aliphatic carbocycles. The van der Waals surface area contributed by atoms with E-state index in [1.54, 1.807) is 6.07 Å². The molecule has 0 saturated heterocycles. The Morgan fingerprint density at radius 1 is 1.05 bits per heavy atom. The average molecular weight is 330 g/mol. The molecular weight excluding hydrogens is 319 g/mol. The molecule has 0 saturated carbocycles. The SMILES string of the molecule is Cc1ccc(F)cc1CNc1cc(Br)c(F)cc1F. The van der Waals surface area contributed by atoms with Crippen LogP contribution in [-0.4, -0.2) is 0 Å². The molecule has 1 nitrogen and oxygen atoms in total. The summed E-state index contributed by atoms with van der Waals surface area (Å²) >= 11 is 2.99. The highest BCUT2D eigenvalue weighted by Crippen LogP contribution is 2.24. The van der Waals surface area contributed by atoms with E-state index in [9.17, 15) is 13.2 Å². The fourth-order valence-electron chi connectivity index (χ4n) is 1.68. The molecule has 0 aliphatic heterocycles. The summed E-state index contributed by atoms with van der Waals surface area (Å²) in [4.78, 5) is 0. The molecule has 2 aromatic carbocycles. The first-order valence-electron chi connectivity index (χ1n) is 5.61. The predicted molar refractivity (Wildman–Crippen MR) is 72.5 cm³/mol. The molecule has 2 rings (SSSR count). The Morgan fingerprint density at radius 3 is 2.53 bits per heavy atom. The fraction of sp³-hybridized carbons (Fsp3) is 0.143. The average Bonchev–Trinajstić information content (AvgIpc) is 2.36. The number of anilines is 1. The second-order valence-electron chi connectivity index (χ2n) is 4.17. The molecule has 19 heavy (non-hydrogen) atoms. The Bertz CT molecular complexity index is 614. The van der Waals surface area contributed by atoms with Crippen LogP contribution in [-0.2, 0) is 6.54 Å². The van der Waals surface area contributed by atoms with Crippen molar-refractivity contribution in [2.75, 3.05) is 5.32 Å². The Labute approximate surface area is 117 Å². The summed E-state index contributed by atoms with van der Waals surface area (Å²) < 4.78 is 39.9. The van der Waals surface area contributed by atoms with Gasteiger partial charge in [0.2, 0.25) is 0 Å². The second-order valence-corrected chi connectivity index (χ2v) is 5.02. The lowest BCUT2D eigenvalue weighted by molar-refractivity contribution is 0.580. The summed E-state index contributed by atoms with van der Waals surface area (Å²) in [5, 5.41) is 2.83. The molecule has 2 aromatic rings. The van der Waals surface area contributed by atoms with Crippen LogP contribution in [0.1, 0.15) is 11.1 Å². The Hall–Kier alpha value is -1.49. The molecule has 0 heterocycles. The van der Waals surface area contributed by atoms with Gasteiger partial charge >= 0.3 is 0 Å². The standard InChI is InChI=1S/C14H11BrF3N/c1-8-2-3-10(16)4-9(8)7-19-14-5-11(15)12(17)6-13(14)18/h2-6,19H,7H2,1H3. The third-order valence-electron chi connectivity index (χ3n) is 2.79. The highest BCUT2D eigenvalue weighted by Gasteiger charge is 2.08. The van der Waals surface area contributed by atoms with Gasteiger partial charge in [0.1, 0.15) is 17.5 Å². The largest absolute Gasteiger partial charge is 0.379 e. The summed E-state index contributed by atoms with van der Waals surface area (Å²) in [7, 11) is 0. The molecule has 1 N–H and O–H groups in total. The van der Waals surface area contributed by atoms with E-state index in [0.29, 0.717) is 0 Å². The zero-order valence-electron chi connectivity index (χ0n) is 10.1. The van der Waals surface area contributed by atoms with Crippen LogP contribution >= 0.6 is 15.9 Å². The molecular formula is C14H11BrF3N. The van der Waals surface area contributed by atoms with E-state index in [2.05, 4.69) is 21.2 Å². The minimum Gasteiger partial charge on any atom is -0.379 e. The smallest absolute Gasteiger partial charge is 0.149 e. The fourth-order valence-corrected chi connectivity index (χ4v) is 2.02. The molecule has 0 atom stereocenters. The number of nitrogens with one attached hydrogen (secondary N) is 1. The first-order chi connectivity index (χ1) is 8.97. The quantitative estimate of drug-likeness (QED) is 0.798. The van der Waals surface area contributed by atoms with Crippen LogP contribution in [0.2, 0.25) is 0 Å². The topological polar surface area (TPSA) is 12.0 Å². The molecule has 0 unspecified atom stereocenters. The van der Waals surface area contributed by atoms with Gasteiger partial charge in [0.05, 0.1) is 10.2 Å². The third-order valence-corrected chi connectivity index (χ3v) is 3.40. The molecule has 0 fully saturated rings. The van der Waals surface area contributed by atoms with Gasteiger partial charge in [-0.3, -0.25) is 0 Å². The highest BCUT2D eigenvalue weighted by atomic mass is 79.9. The van der Waals surface area contributed by atoms with Gasteiger partial charge in [-0.2, -0.15) is 0 Å². The van der Waals surface area contributed by atoms with Crippen LogP contribution in [0.4, 0.5) is 18.9 Å². The normalized spacial score (nSPS) is 10.6. The summed E-state index contributed by atoms with van der Waals surface area (Å²) in [5.41, 5.74) is 1.78. The van der Waals surface area contributed by atoms with Crippen LogP contribution in [0.15, 0.2) is 34.8 Å². The van der Waals surface area contributed by atoms with Gasteiger partial charge in [-0.05, 0) is 52.2 Å². The van der Waals surface area contributed by atoms with E-state index >= 15 is 0 Å². The van der Waals surface area contributed by atoms with Gasteiger partial charge in [0.15, 0.2) is 0 Å². The van der Waals surface area contributed by atoms with Gasteiger partial charge in [-0.1, -0.05) is 6.07 Å². The van der Waals surface area contributed by atoms with Gasteiger partial charge in [-0.25, -0.2) is 13.2 Å². The summed E-state index contributed by atoms with van der Waals surface area (Å²) in [6.45, 7) is 2.10. The van der Waals surface area contributed by atoms with Crippen molar-refractivity contribution in [1.82, 2.24) is 0 Å². The van der Waals surface area contributed by atoms with Crippen LogP contribution in [0.3, 0.4) is 0 Å². The van der Waals surface area contributed by atoms with Crippen molar-refractivity contribution in [2.45, 2.75) is 13.5 Å². The molecule has 0 aromatic heterocycles. The number of halogens is 4. The van der Waals surface area contributed by atoms with Crippen LogP contribution in [0, 0.1) is 24.4 Å². The lowest BCUT2D eigenvalue weighted by Crippen LogP contribution is -2.04. The van der Waals surface area contributed by atoms with E-state index in [-0.39, 0.29) is 22.5 Å². The summed E-state index contributed by atoms with van der Waals surface area (Å²) in [6, 6.07) is 6.53. The molecule has 0 aliphatic rings. The maximum atomic E-state index is 13.5. The summed E-state index contributed by atoms with van der Waals surface area (Å²) in [6.07, 6.45) is 0. The minimum atomic E-state index is -0.685. The zero-order chi connectivity index (χ0) is 14.0. The van der Waals surface area contributed by atoms with E-state index < -0.39 is 11.6 Å². The van der Waals surface area contributed by atoms with Crippen LogP contribution in [0.25, 0.3) is 0 Å². The lowest BCUT2D eigenvalue weighted by atomic mass is 10.1. The van der Waals surface area contributed by atoms with Crippen molar-refractivity contribution in [1.29, 1.82) is 0 Å². The summed E-state index contributed by atoms with van der Waals surface area (Å²) in [5.74, 6) is -1.69. The van der Waals surface area contributed by atoms with Gasteiger partial charge in [0, 0.05) is 12.6 Å². The number of aryl methyl sites for hydroxylation is 1. The lowest BCUT2D eigenvalue weighted by Gasteiger charge is -2.11. The minimum absolute atomic E-state index is 0.164. The number of rotatable bonds is 3. The van der Waals surface area contributed by atoms with E-state index in [1.807, 2.05) is 6.92 Å². The first kappa shape index (κ1) is 13.9. The van der Waals surface area contributed by atoms with Crippen molar-refractivity contribution in [3.05, 3.63) is 63.4 Å². The zero-order valence-corrected chi connectivity index (χ0v) is 11.7. The third kappa shape index (κ3) is 3.29. The van der Waals surface area contributed by atoms with E-state index in [1.165, 1.54) is 18.2 Å². The van der Waals surface area contributed by atoms with Gasteiger partial charge in [0.25, 0.3) is 0 Å². The van der Waals surface area contributed by atoms with Crippen molar-refractivity contribution < 1.29 is 13.2 Å². The van der Waals surface area contributed by atoms with Gasteiger partial charge in [-0.15, -0.1) is 0 Å². The molecule has 0 radical (unpaired) electrons. The number of hydrogen-bond acceptors (Lipinski definition) is 1. The Kier molecular flexibility index (Phi) is 4.14. The van der Waals surface area contributed by atoms with Crippen molar-refractivity contribution in [3.8, 4) is 0 Å². The van der Waals surface area contributed by atoms with Crippen LogP contribution < -0.4 is 5.32 Å². The van der Waals surface area contributed by atoms with E-state index in [0.717, 1.165) is 17.2 Å². The Balaban J connectivity index is 2.19. The first-order valence-corrected chi connectivity index (χ1v) is 6.40. The predicted octanol–water partition coefficient (Wildman–Crippen LogP) is 4.79.